The van der Waals surface area contributed by atoms with Gasteiger partial charge in [0.05, 0.1) is 25.4 Å². The van der Waals surface area contributed by atoms with Crippen LogP contribution in [-0.2, 0) is 12.8 Å². The zero-order valence-electron chi connectivity index (χ0n) is 23.2. The standard InChI is InChI=1S/C33H46N2S2/c1-3-5-7-9-10-11-12-13-15-16-18-26-20-22-29-30(24-26)37-33(35-29)27-21-23-28-31(25-27)36-32(34-28)19-17-14-8-6-4-2/h20-25H,3-19H2,1-2H3. The second-order valence-corrected chi connectivity index (χ2v) is 12.9. The number of benzene rings is 2. The average Bonchev–Trinajstić information content (AvgIpc) is 3.52. The van der Waals surface area contributed by atoms with E-state index in [1.54, 1.807) is 0 Å². The van der Waals surface area contributed by atoms with Crippen molar-refractivity contribution in [2.75, 3.05) is 0 Å². The first kappa shape index (κ1) is 28.2. The van der Waals surface area contributed by atoms with Crippen LogP contribution in [0.3, 0.4) is 0 Å². The maximum Gasteiger partial charge on any atom is 0.124 e. The first-order valence-corrected chi connectivity index (χ1v) is 16.7. The highest BCUT2D eigenvalue weighted by molar-refractivity contribution is 7.21. The van der Waals surface area contributed by atoms with Crippen molar-refractivity contribution in [3.8, 4) is 10.6 Å². The van der Waals surface area contributed by atoms with Crippen LogP contribution in [0.15, 0.2) is 36.4 Å². The summed E-state index contributed by atoms with van der Waals surface area (Å²) in [6.45, 7) is 4.56. The molecular formula is C33H46N2S2. The third-order valence-corrected chi connectivity index (χ3v) is 9.59. The molecule has 0 spiro atoms. The fraction of sp³-hybridized carbons (Fsp3) is 0.576. The molecule has 0 fully saturated rings. The molecule has 0 bridgehead atoms. The zero-order chi connectivity index (χ0) is 25.7. The topological polar surface area (TPSA) is 25.8 Å². The lowest BCUT2D eigenvalue weighted by atomic mass is 10.0. The summed E-state index contributed by atoms with van der Waals surface area (Å²) >= 11 is 3.70. The summed E-state index contributed by atoms with van der Waals surface area (Å²) in [5.74, 6) is 0. The molecular weight excluding hydrogens is 489 g/mol. The summed E-state index contributed by atoms with van der Waals surface area (Å²) in [5, 5.41) is 2.41. The van der Waals surface area contributed by atoms with Crippen LogP contribution in [0.5, 0.6) is 0 Å². The summed E-state index contributed by atoms with van der Waals surface area (Å²) in [6, 6.07) is 13.6. The minimum absolute atomic E-state index is 1.11. The lowest BCUT2D eigenvalue weighted by Crippen LogP contribution is -1.86. The van der Waals surface area contributed by atoms with Gasteiger partial charge in [-0.1, -0.05) is 103 Å². The van der Waals surface area contributed by atoms with Gasteiger partial charge in [0, 0.05) is 5.56 Å². The van der Waals surface area contributed by atoms with Crippen LogP contribution in [0.1, 0.15) is 121 Å². The van der Waals surface area contributed by atoms with Crippen molar-refractivity contribution in [2.45, 2.75) is 123 Å². The Kier molecular flexibility index (Phi) is 11.9. The van der Waals surface area contributed by atoms with Gasteiger partial charge in [0.2, 0.25) is 0 Å². The van der Waals surface area contributed by atoms with Crippen LogP contribution in [0.25, 0.3) is 31.0 Å². The molecule has 0 amide bonds. The Balaban J connectivity index is 1.26. The second kappa shape index (κ2) is 15.6. The molecule has 0 unspecified atom stereocenters. The van der Waals surface area contributed by atoms with E-state index in [0.29, 0.717) is 0 Å². The predicted octanol–water partition coefficient (Wildman–Crippen LogP) is 11.5. The molecule has 0 aliphatic carbocycles. The second-order valence-electron chi connectivity index (χ2n) is 10.7. The number of unbranched alkanes of at least 4 members (excludes halogenated alkanes) is 13. The molecule has 4 aromatic rings. The highest BCUT2D eigenvalue weighted by Gasteiger charge is 2.10. The number of fused-ring (bicyclic) bond motifs is 2. The van der Waals surface area contributed by atoms with Crippen LogP contribution in [0.4, 0.5) is 0 Å². The van der Waals surface area contributed by atoms with Gasteiger partial charge < -0.3 is 0 Å². The highest BCUT2D eigenvalue weighted by atomic mass is 32.1. The number of aryl methyl sites for hydroxylation is 2. The van der Waals surface area contributed by atoms with Crippen LogP contribution in [-0.4, -0.2) is 9.97 Å². The molecule has 0 aliphatic heterocycles. The number of aromatic nitrogens is 2. The summed E-state index contributed by atoms with van der Waals surface area (Å²) in [5.41, 5.74) is 4.95. The molecule has 0 N–H and O–H groups in total. The molecule has 4 rings (SSSR count). The van der Waals surface area contributed by atoms with Crippen molar-refractivity contribution in [1.82, 2.24) is 9.97 Å². The molecule has 2 heterocycles. The highest BCUT2D eigenvalue weighted by Crippen LogP contribution is 2.34. The molecule has 200 valence electrons. The Labute approximate surface area is 233 Å². The van der Waals surface area contributed by atoms with E-state index in [4.69, 9.17) is 9.97 Å². The Morgan fingerprint density at radius 1 is 0.541 bits per heavy atom. The van der Waals surface area contributed by atoms with Crippen molar-refractivity contribution in [1.29, 1.82) is 0 Å². The number of hydrogen-bond donors (Lipinski definition) is 0. The van der Waals surface area contributed by atoms with Crippen LogP contribution in [0.2, 0.25) is 0 Å². The Bertz CT molecular complexity index is 1210. The quantitative estimate of drug-likeness (QED) is 0.119. The van der Waals surface area contributed by atoms with E-state index in [0.717, 1.165) is 22.5 Å². The smallest absolute Gasteiger partial charge is 0.124 e. The van der Waals surface area contributed by atoms with E-state index in [1.807, 2.05) is 22.7 Å². The monoisotopic (exact) mass is 534 g/mol. The molecule has 2 aromatic heterocycles. The molecule has 0 saturated heterocycles. The number of rotatable bonds is 18. The van der Waals surface area contributed by atoms with Crippen molar-refractivity contribution in [3.63, 3.8) is 0 Å². The Morgan fingerprint density at radius 2 is 1.11 bits per heavy atom. The molecule has 2 nitrogen and oxygen atoms in total. The number of thiazole rings is 2. The molecule has 2 aromatic carbocycles. The summed E-state index contributed by atoms with van der Waals surface area (Å²) in [7, 11) is 0. The number of nitrogens with zero attached hydrogens (tertiary/aromatic N) is 2. The lowest BCUT2D eigenvalue weighted by Gasteiger charge is -2.03. The van der Waals surface area contributed by atoms with E-state index in [2.05, 4.69) is 50.2 Å². The Hall–Kier alpha value is -1.78. The SMILES string of the molecule is CCCCCCCCCCCCc1ccc2nc(-c3ccc4nc(CCCCCCC)sc4c3)sc2c1. The minimum atomic E-state index is 1.11. The molecule has 4 heteroatoms. The summed E-state index contributed by atoms with van der Waals surface area (Å²) < 4.78 is 2.61. The van der Waals surface area contributed by atoms with Gasteiger partial charge in [-0.3, -0.25) is 0 Å². The van der Waals surface area contributed by atoms with Crippen molar-refractivity contribution < 1.29 is 0 Å². The summed E-state index contributed by atoms with van der Waals surface area (Å²) in [4.78, 5) is 9.86. The maximum absolute atomic E-state index is 4.98. The fourth-order valence-electron chi connectivity index (χ4n) is 5.16. The van der Waals surface area contributed by atoms with Crippen molar-refractivity contribution in [2.24, 2.45) is 0 Å². The van der Waals surface area contributed by atoms with Gasteiger partial charge in [0.25, 0.3) is 0 Å². The maximum atomic E-state index is 4.98. The predicted molar refractivity (Wildman–Crippen MR) is 166 cm³/mol. The van der Waals surface area contributed by atoms with E-state index in [1.165, 1.54) is 128 Å². The Morgan fingerprint density at radius 3 is 1.81 bits per heavy atom. The van der Waals surface area contributed by atoms with E-state index < -0.39 is 0 Å². The van der Waals surface area contributed by atoms with Gasteiger partial charge in [-0.25, -0.2) is 9.97 Å². The first-order chi connectivity index (χ1) is 18.3. The normalized spacial score (nSPS) is 11.7. The van der Waals surface area contributed by atoms with Gasteiger partial charge in [-0.15, -0.1) is 22.7 Å². The van der Waals surface area contributed by atoms with E-state index >= 15 is 0 Å². The van der Waals surface area contributed by atoms with Crippen LogP contribution >= 0.6 is 22.7 Å². The minimum Gasteiger partial charge on any atom is -0.241 e. The molecule has 0 radical (unpaired) electrons. The molecule has 0 saturated carbocycles. The van der Waals surface area contributed by atoms with Gasteiger partial charge >= 0.3 is 0 Å². The van der Waals surface area contributed by atoms with Crippen molar-refractivity contribution in [3.05, 3.63) is 47.0 Å². The van der Waals surface area contributed by atoms with Gasteiger partial charge in [0.1, 0.15) is 5.01 Å². The third kappa shape index (κ3) is 8.89. The third-order valence-electron chi connectivity index (χ3n) is 7.45. The van der Waals surface area contributed by atoms with E-state index in [-0.39, 0.29) is 0 Å². The zero-order valence-corrected chi connectivity index (χ0v) is 24.8. The lowest BCUT2D eigenvalue weighted by molar-refractivity contribution is 0.556. The fourth-order valence-corrected chi connectivity index (χ4v) is 7.23. The van der Waals surface area contributed by atoms with E-state index in [9.17, 15) is 0 Å². The van der Waals surface area contributed by atoms with Gasteiger partial charge in [-0.05, 0) is 61.6 Å². The summed E-state index contributed by atoms with van der Waals surface area (Å²) in [6.07, 6.45) is 22.8. The molecule has 37 heavy (non-hydrogen) atoms. The van der Waals surface area contributed by atoms with Crippen molar-refractivity contribution >= 4 is 43.1 Å². The van der Waals surface area contributed by atoms with Gasteiger partial charge in [-0.2, -0.15) is 0 Å². The van der Waals surface area contributed by atoms with Crippen LogP contribution in [0, 0.1) is 0 Å². The molecule has 0 atom stereocenters. The number of hydrogen-bond acceptors (Lipinski definition) is 4. The first-order valence-electron chi connectivity index (χ1n) is 15.1. The average molecular weight is 535 g/mol. The molecule has 0 aliphatic rings. The largest absolute Gasteiger partial charge is 0.241 e. The van der Waals surface area contributed by atoms with Crippen LogP contribution < -0.4 is 0 Å². The van der Waals surface area contributed by atoms with Gasteiger partial charge in [0.15, 0.2) is 0 Å².